The van der Waals surface area contributed by atoms with Crippen LogP contribution in [0.2, 0.25) is 0 Å². The Morgan fingerprint density at radius 1 is 0.112 bits per heavy atom. The van der Waals surface area contributed by atoms with E-state index in [2.05, 4.69) is 0 Å². The average Bonchev–Trinajstić information content (AvgIpc) is 3.73. The molecule has 89 heavy (non-hydrogen) atoms. The molecule has 0 radical (unpaired) electrons. The zero-order chi connectivity index (χ0) is 60.1. The van der Waals surface area contributed by atoms with E-state index in [9.17, 15) is 0 Å². The number of rotatable bonds is 24. The summed E-state index contributed by atoms with van der Waals surface area (Å²) >= 11 is 0. The van der Waals surface area contributed by atoms with Crippen molar-refractivity contribution in [2.75, 3.05) is 0 Å². The van der Waals surface area contributed by atoms with E-state index < -0.39 is 34.4 Å². The second-order valence-corrected chi connectivity index (χ2v) is 21.7. The van der Waals surface area contributed by atoms with Crippen LogP contribution in [0.4, 0.5) is 0 Å². The third-order valence-electron chi connectivity index (χ3n) is 11.1. The van der Waals surface area contributed by atoms with Crippen molar-refractivity contribution in [3.05, 3.63) is 364 Å². The fourth-order valence-electron chi connectivity index (χ4n) is 7.03. The summed E-state index contributed by atoms with van der Waals surface area (Å²) in [7, 11) is -6.36. The van der Waals surface area contributed by atoms with Gasteiger partial charge in [-0.2, -0.15) is 0 Å². The van der Waals surface area contributed by atoms with E-state index in [4.69, 9.17) is 54.3 Å². The van der Waals surface area contributed by atoms with Gasteiger partial charge in [0.05, 0.1) is 0 Å². The van der Waals surface area contributed by atoms with Crippen molar-refractivity contribution in [2.24, 2.45) is 0 Å². The van der Waals surface area contributed by atoms with E-state index in [0.717, 1.165) is 0 Å². The molecule has 0 aromatic heterocycles. The first-order valence-corrected chi connectivity index (χ1v) is 32.0. The van der Waals surface area contributed by atoms with Gasteiger partial charge >= 0.3 is 34.4 Å². The first kappa shape index (κ1) is 65.6. The zero-order valence-electron chi connectivity index (χ0n) is 47.6. The SMILES string of the molecule is [Pd].c1ccc(OP(Oc2ccccc2)Oc2ccccc2)cc1.c1ccc(OP(Oc2ccccc2)Oc2ccccc2)cc1.c1ccc(OP(Oc2ccccc2)Oc2ccccc2)cc1.c1ccc(OP(Oc2ccccc2)Oc2ccccc2)cc1. The molecule has 0 atom stereocenters. The van der Waals surface area contributed by atoms with Crippen LogP contribution in [0, 0.1) is 0 Å². The van der Waals surface area contributed by atoms with Crippen molar-refractivity contribution in [3.63, 3.8) is 0 Å². The monoisotopic (exact) mass is 1350 g/mol. The molecule has 0 spiro atoms. The minimum absolute atomic E-state index is 0. The van der Waals surface area contributed by atoms with Crippen LogP contribution < -0.4 is 54.3 Å². The third-order valence-corrected chi connectivity index (χ3v) is 15.4. The van der Waals surface area contributed by atoms with Gasteiger partial charge < -0.3 is 54.3 Å². The second-order valence-electron chi connectivity index (χ2n) is 17.7. The number of benzene rings is 12. The van der Waals surface area contributed by atoms with Gasteiger partial charge in [-0.1, -0.05) is 218 Å². The van der Waals surface area contributed by atoms with Crippen LogP contribution >= 0.6 is 34.4 Å². The Labute approximate surface area is 538 Å². The summed E-state index contributed by atoms with van der Waals surface area (Å²) < 4.78 is 70.1. The van der Waals surface area contributed by atoms with Gasteiger partial charge in [0.25, 0.3) is 0 Å². The fraction of sp³-hybridized carbons (Fsp3) is 0. The molecular formula is C72H60O12P4Pd. The maximum atomic E-state index is 5.84. The molecule has 12 aromatic carbocycles. The molecular weight excluding hydrogens is 1290 g/mol. The summed E-state index contributed by atoms with van der Waals surface area (Å²) in [6.45, 7) is 0. The van der Waals surface area contributed by atoms with E-state index in [-0.39, 0.29) is 20.4 Å². The number of hydrogen-bond acceptors (Lipinski definition) is 12. The zero-order valence-corrected chi connectivity index (χ0v) is 52.8. The molecule has 450 valence electrons. The molecule has 0 heterocycles. The molecule has 0 bridgehead atoms. The summed E-state index contributed by atoms with van der Waals surface area (Å²) in [5.41, 5.74) is 0. The molecule has 17 heteroatoms. The maximum absolute atomic E-state index is 5.84. The van der Waals surface area contributed by atoms with Gasteiger partial charge in [-0.15, -0.1) is 0 Å². The third kappa shape index (κ3) is 25.5. The van der Waals surface area contributed by atoms with Crippen LogP contribution in [0.15, 0.2) is 364 Å². The van der Waals surface area contributed by atoms with Crippen LogP contribution in [0.5, 0.6) is 69.0 Å². The van der Waals surface area contributed by atoms with Crippen molar-refractivity contribution in [2.45, 2.75) is 0 Å². The molecule has 12 aromatic rings. The molecule has 0 saturated carbocycles. The van der Waals surface area contributed by atoms with Crippen molar-refractivity contribution >= 4 is 34.4 Å². The minimum Gasteiger partial charge on any atom is -0.409 e. The Morgan fingerprint density at radius 3 is 0.247 bits per heavy atom. The molecule has 12 nitrogen and oxygen atoms in total. The smallest absolute Gasteiger partial charge is 0.409 e. The van der Waals surface area contributed by atoms with Crippen LogP contribution in [0.25, 0.3) is 0 Å². The molecule has 0 aliphatic heterocycles. The van der Waals surface area contributed by atoms with Gasteiger partial charge in [0.1, 0.15) is 69.0 Å². The topological polar surface area (TPSA) is 111 Å². The molecule has 0 saturated heterocycles. The summed E-state index contributed by atoms with van der Waals surface area (Å²) in [6, 6.07) is 114. The van der Waals surface area contributed by atoms with E-state index in [0.29, 0.717) is 69.0 Å². The van der Waals surface area contributed by atoms with Crippen molar-refractivity contribution in [3.8, 4) is 69.0 Å². The van der Waals surface area contributed by atoms with Crippen molar-refractivity contribution in [1.29, 1.82) is 0 Å². The maximum Gasteiger partial charge on any atom is 0.530 e. The standard InChI is InChI=1S/4C18H15O3P.Pd/c4*1-4-10-16(11-5-1)19-22(20-17-12-6-2-7-13-17)21-18-14-8-3-9-15-18;/h4*1-15H;. The van der Waals surface area contributed by atoms with Gasteiger partial charge in [-0.05, 0) is 146 Å². The summed E-state index contributed by atoms with van der Waals surface area (Å²) in [4.78, 5) is 0. The summed E-state index contributed by atoms with van der Waals surface area (Å²) in [5, 5.41) is 0. The van der Waals surface area contributed by atoms with Gasteiger partial charge in [-0.3, -0.25) is 0 Å². The van der Waals surface area contributed by atoms with Crippen molar-refractivity contribution in [1.82, 2.24) is 0 Å². The van der Waals surface area contributed by atoms with Crippen LogP contribution in [-0.4, -0.2) is 0 Å². The number of hydrogen-bond donors (Lipinski definition) is 0. The first-order chi connectivity index (χ1) is 43.6. The first-order valence-electron chi connectivity index (χ1n) is 27.6. The van der Waals surface area contributed by atoms with E-state index in [1.165, 1.54) is 0 Å². The quantitative estimate of drug-likeness (QED) is 0.0424. The van der Waals surface area contributed by atoms with E-state index >= 15 is 0 Å². The van der Waals surface area contributed by atoms with Crippen LogP contribution in [0.3, 0.4) is 0 Å². The molecule has 0 aliphatic rings. The molecule has 0 aliphatic carbocycles. The van der Waals surface area contributed by atoms with Gasteiger partial charge in [0.15, 0.2) is 0 Å². The van der Waals surface area contributed by atoms with Crippen molar-refractivity contribution < 1.29 is 74.7 Å². The second kappa shape index (κ2) is 38.7. The molecule has 0 N–H and O–H groups in total. The Balaban J connectivity index is 0.000000153. The fourth-order valence-corrected chi connectivity index (χ4v) is 11.0. The predicted molar refractivity (Wildman–Crippen MR) is 353 cm³/mol. The molecule has 12 rings (SSSR count). The largest absolute Gasteiger partial charge is 0.530 e. The Kier molecular flexibility index (Phi) is 28.5. The molecule has 0 amide bonds. The average molecular weight is 1350 g/mol. The van der Waals surface area contributed by atoms with Crippen LogP contribution in [0.1, 0.15) is 0 Å². The van der Waals surface area contributed by atoms with E-state index in [1.54, 1.807) is 0 Å². The van der Waals surface area contributed by atoms with Gasteiger partial charge in [-0.25, -0.2) is 0 Å². The number of para-hydroxylation sites is 12. The predicted octanol–water partition coefficient (Wildman–Crippen LogP) is 21.8. The van der Waals surface area contributed by atoms with Gasteiger partial charge in [0, 0.05) is 20.4 Å². The normalized spacial score (nSPS) is 10.1. The minimum atomic E-state index is -1.59. The molecule has 0 unspecified atom stereocenters. The van der Waals surface area contributed by atoms with Crippen LogP contribution in [-0.2, 0) is 20.4 Å². The van der Waals surface area contributed by atoms with E-state index in [1.807, 2.05) is 364 Å². The molecule has 0 fully saturated rings. The summed E-state index contributed by atoms with van der Waals surface area (Å²) in [5.74, 6) is 8.51. The summed E-state index contributed by atoms with van der Waals surface area (Å²) in [6.07, 6.45) is 0. The Hall–Kier alpha value is -9.38. The Bertz CT molecular complexity index is 2810. The van der Waals surface area contributed by atoms with Gasteiger partial charge in [0.2, 0.25) is 0 Å². The Morgan fingerprint density at radius 2 is 0.180 bits per heavy atom.